The van der Waals surface area contributed by atoms with Crippen LogP contribution in [0.1, 0.15) is 5.56 Å². The highest BCUT2D eigenvalue weighted by Crippen LogP contribution is 2.21. The predicted molar refractivity (Wildman–Crippen MR) is 46.5 cm³/mol. The zero-order valence-electron chi connectivity index (χ0n) is 6.48. The molecule has 0 saturated heterocycles. The normalized spacial score (nSPS) is 12.3. The Morgan fingerprint density at radius 1 is 1.15 bits per heavy atom. The van der Waals surface area contributed by atoms with Crippen LogP contribution in [-0.4, -0.2) is 6.18 Å². The summed E-state index contributed by atoms with van der Waals surface area (Å²) < 4.78 is 35.2. The van der Waals surface area contributed by atoms with Crippen molar-refractivity contribution in [3.8, 4) is 0 Å². The van der Waals surface area contributed by atoms with Crippen molar-refractivity contribution >= 4 is 17.7 Å². The molecule has 1 aromatic carbocycles. The van der Waals surface area contributed by atoms with Crippen LogP contribution in [0.4, 0.5) is 13.2 Å². The highest BCUT2D eigenvalue weighted by atomic mass is 35.5. The minimum atomic E-state index is -4.29. The van der Waals surface area contributed by atoms with E-state index in [1.54, 1.807) is 12.1 Å². The van der Waals surface area contributed by atoms with Crippen molar-refractivity contribution in [1.82, 2.24) is 0 Å². The van der Waals surface area contributed by atoms with Crippen molar-refractivity contribution in [2.75, 3.05) is 0 Å². The average molecular weight is 207 g/mol. The minimum Gasteiger partial charge on any atom is -0.167 e. The second kappa shape index (κ2) is 3.83. The average Bonchev–Trinajstić information content (AvgIpc) is 2.01. The van der Waals surface area contributed by atoms with Gasteiger partial charge in [-0.15, -0.1) is 0 Å². The zero-order valence-corrected chi connectivity index (χ0v) is 7.23. The molecule has 4 heteroatoms. The number of benzene rings is 1. The number of allylic oxidation sites excluding steroid dienone is 1. The molecule has 0 unspecified atom stereocenters. The van der Waals surface area contributed by atoms with Gasteiger partial charge in [0.25, 0.3) is 0 Å². The van der Waals surface area contributed by atoms with Crippen LogP contribution in [0.25, 0.3) is 6.08 Å². The van der Waals surface area contributed by atoms with E-state index in [9.17, 15) is 13.2 Å². The molecule has 13 heavy (non-hydrogen) atoms. The lowest BCUT2D eigenvalue weighted by atomic mass is 10.2. The molecule has 0 nitrogen and oxygen atoms in total. The predicted octanol–water partition coefficient (Wildman–Crippen LogP) is 3.92. The van der Waals surface area contributed by atoms with Crippen molar-refractivity contribution in [3.05, 3.63) is 40.9 Å². The van der Waals surface area contributed by atoms with Crippen LogP contribution in [-0.2, 0) is 0 Å². The van der Waals surface area contributed by atoms with E-state index in [1.165, 1.54) is 12.1 Å². The molecule has 0 aliphatic carbocycles. The number of rotatable bonds is 1. The summed E-state index contributed by atoms with van der Waals surface area (Å²) in [7, 11) is 0. The molecule has 0 atom stereocenters. The van der Waals surface area contributed by atoms with Crippen LogP contribution in [0.15, 0.2) is 30.3 Å². The number of alkyl halides is 3. The standard InChI is InChI=1S/C9H6ClF3/c10-8-4-2-1-3-7(8)5-6-9(11,12)13/h1-6H/b6-5-. The Morgan fingerprint density at radius 2 is 1.77 bits per heavy atom. The van der Waals surface area contributed by atoms with Crippen LogP contribution in [0.2, 0.25) is 5.02 Å². The van der Waals surface area contributed by atoms with Gasteiger partial charge in [-0.25, -0.2) is 0 Å². The molecule has 1 aromatic rings. The molecular formula is C9H6ClF3. The summed E-state index contributed by atoms with van der Waals surface area (Å²) in [6, 6.07) is 6.34. The molecule has 0 N–H and O–H groups in total. The third-order valence-corrected chi connectivity index (χ3v) is 1.70. The smallest absolute Gasteiger partial charge is 0.167 e. The second-order valence-electron chi connectivity index (χ2n) is 2.40. The third-order valence-electron chi connectivity index (χ3n) is 1.36. The van der Waals surface area contributed by atoms with Crippen LogP contribution in [0.5, 0.6) is 0 Å². The molecule has 0 aliphatic heterocycles. The summed E-state index contributed by atoms with van der Waals surface area (Å²) in [5.74, 6) is 0. The highest BCUT2D eigenvalue weighted by molar-refractivity contribution is 6.32. The van der Waals surface area contributed by atoms with Crippen molar-refractivity contribution in [2.45, 2.75) is 6.18 Å². The molecule has 0 spiro atoms. The van der Waals surface area contributed by atoms with Crippen molar-refractivity contribution in [1.29, 1.82) is 0 Å². The van der Waals surface area contributed by atoms with E-state index < -0.39 is 6.18 Å². The maximum Gasteiger partial charge on any atom is 0.409 e. The molecule has 0 aliphatic rings. The number of hydrogen-bond donors (Lipinski definition) is 0. The monoisotopic (exact) mass is 206 g/mol. The summed E-state index contributed by atoms with van der Waals surface area (Å²) in [6.45, 7) is 0. The fraction of sp³-hybridized carbons (Fsp3) is 0.111. The van der Waals surface area contributed by atoms with Crippen LogP contribution < -0.4 is 0 Å². The first-order valence-corrected chi connectivity index (χ1v) is 3.87. The molecule has 0 radical (unpaired) electrons. The minimum absolute atomic E-state index is 0.161. The highest BCUT2D eigenvalue weighted by Gasteiger charge is 2.21. The van der Waals surface area contributed by atoms with Gasteiger partial charge in [0, 0.05) is 11.1 Å². The van der Waals surface area contributed by atoms with E-state index in [0.29, 0.717) is 10.6 Å². The third kappa shape index (κ3) is 3.51. The van der Waals surface area contributed by atoms with E-state index in [4.69, 9.17) is 11.6 Å². The lowest BCUT2D eigenvalue weighted by Gasteiger charge is -1.99. The summed E-state index contributed by atoms with van der Waals surface area (Å²) in [6.07, 6.45) is -3.18. The van der Waals surface area contributed by atoms with Crippen LogP contribution >= 0.6 is 11.6 Å². The van der Waals surface area contributed by atoms with Gasteiger partial charge in [-0.3, -0.25) is 0 Å². The first kappa shape index (κ1) is 10.1. The fourth-order valence-electron chi connectivity index (χ4n) is 0.795. The molecule has 0 saturated carbocycles. The summed E-state index contributed by atoms with van der Waals surface area (Å²) in [4.78, 5) is 0. The van der Waals surface area contributed by atoms with Crippen molar-refractivity contribution < 1.29 is 13.2 Å². The number of halogens is 4. The van der Waals surface area contributed by atoms with Gasteiger partial charge < -0.3 is 0 Å². The van der Waals surface area contributed by atoms with E-state index in [0.717, 1.165) is 6.08 Å². The van der Waals surface area contributed by atoms with Gasteiger partial charge in [0.05, 0.1) is 0 Å². The van der Waals surface area contributed by atoms with Crippen molar-refractivity contribution in [2.24, 2.45) is 0 Å². The van der Waals surface area contributed by atoms with Crippen LogP contribution in [0, 0.1) is 0 Å². The van der Waals surface area contributed by atoms with Gasteiger partial charge in [0.15, 0.2) is 0 Å². The van der Waals surface area contributed by atoms with Gasteiger partial charge >= 0.3 is 6.18 Å². The Morgan fingerprint density at radius 3 is 2.31 bits per heavy atom. The van der Waals surface area contributed by atoms with Gasteiger partial charge in [0.1, 0.15) is 0 Å². The van der Waals surface area contributed by atoms with Gasteiger partial charge in [0.2, 0.25) is 0 Å². The molecule has 0 aromatic heterocycles. The summed E-state index contributed by atoms with van der Waals surface area (Å²) in [5, 5.41) is 0.308. The molecular weight excluding hydrogens is 201 g/mol. The largest absolute Gasteiger partial charge is 0.409 e. The summed E-state index contributed by atoms with van der Waals surface area (Å²) in [5.41, 5.74) is 0.362. The molecule has 0 amide bonds. The van der Waals surface area contributed by atoms with E-state index in [1.807, 2.05) is 0 Å². The molecule has 0 fully saturated rings. The topological polar surface area (TPSA) is 0 Å². The lowest BCUT2D eigenvalue weighted by molar-refractivity contribution is -0.0790. The van der Waals surface area contributed by atoms with Gasteiger partial charge in [-0.2, -0.15) is 13.2 Å². The Kier molecular flexibility index (Phi) is 2.98. The van der Waals surface area contributed by atoms with Gasteiger partial charge in [-0.05, 0) is 17.7 Å². The molecule has 0 bridgehead atoms. The van der Waals surface area contributed by atoms with Gasteiger partial charge in [-0.1, -0.05) is 29.8 Å². The second-order valence-corrected chi connectivity index (χ2v) is 2.80. The summed E-state index contributed by atoms with van der Waals surface area (Å²) >= 11 is 5.63. The lowest BCUT2D eigenvalue weighted by Crippen LogP contribution is -2.00. The van der Waals surface area contributed by atoms with E-state index in [-0.39, 0.29) is 6.08 Å². The SMILES string of the molecule is FC(F)(F)/C=C\c1ccccc1Cl. The fourth-order valence-corrected chi connectivity index (χ4v) is 0.993. The molecule has 0 heterocycles. The Bertz CT molecular complexity index is 315. The first-order valence-electron chi connectivity index (χ1n) is 3.49. The van der Waals surface area contributed by atoms with E-state index in [2.05, 4.69) is 0 Å². The molecule has 1 rings (SSSR count). The Hall–Kier alpha value is -0.960. The zero-order chi connectivity index (χ0) is 9.90. The molecule has 70 valence electrons. The maximum absolute atomic E-state index is 11.7. The quantitative estimate of drug-likeness (QED) is 0.654. The van der Waals surface area contributed by atoms with Crippen molar-refractivity contribution in [3.63, 3.8) is 0 Å². The Labute approximate surface area is 78.6 Å². The van der Waals surface area contributed by atoms with Crippen LogP contribution in [0.3, 0.4) is 0 Å². The Balaban J connectivity index is 2.86. The maximum atomic E-state index is 11.7. The van der Waals surface area contributed by atoms with E-state index >= 15 is 0 Å². The number of hydrogen-bond acceptors (Lipinski definition) is 0. The first-order chi connectivity index (χ1) is 5.99.